The Morgan fingerprint density at radius 2 is 0.792 bits per heavy atom. The molecule has 0 nitrogen and oxygen atoms in total. The maximum Gasteiger partial charge on any atom is -0.00203 e. The molecule has 0 heterocycles. The van der Waals surface area contributed by atoms with Gasteiger partial charge in [-0.05, 0) is 66.0 Å². The molecule has 0 saturated heterocycles. The predicted octanol–water partition coefficient (Wildman–Crippen LogP) is 6.89. The molecule has 0 unspecified atom stereocenters. The number of hydrogen-bond donors (Lipinski definition) is 0. The van der Waals surface area contributed by atoms with Crippen molar-refractivity contribution in [2.24, 2.45) is 0 Å². The van der Waals surface area contributed by atoms with Crippen LogP contribution in [0.25, 0.3) is 53.9 Å². The summed E-state index contributed by atoms with van der Waals surface area (Å²) >= 11 is 0. The van der Waals surface area contributed by atoms with Crippen LogP contribution in [-0.4, -0.2) is 0 Å². The molecule has 0 atom stereocenters. The van der Waals surface area contributed by atoms with E-state index in [0.717, 1.165) is 0 Å². The van der Waals surface area contributed by atoms with Gasteiger partial charge in [-0.25, -0.2) is 0 Å². The maximum atomic E-state index is 2.36. The summed E-state index contributed by atoms with van der Waals surface area (Å²) in [6, 6.07) is 31.2. The second-order valence-corrected chi connectivity index (χ2v) is 6.62. The van der Waals surface area contributed by atoms with Crippen molar-refractivity contribution in [3.8, 4) is 0 Å². The van der Waals surface area contributed by atoms with E-state index in [4.69, 9.17) is 0 Å². The normalized spacial score (nSPS) is 12.2. The Balaban J connectivity index is 2.06. The van der Waals surface area contributed by atoms with Gasteiger partial charge in [-0.1, -0.05) is 72.8 Å². The first-order chi connectivity index (χ1) is 11.9. The first-order valence-corrected chi connectivity index (χ1v) is 8.38. The summed E-state index contributed by atoms with van der Waals surface area (Å²) in [6.07, 6.45) is 0. The summed E-state index contributed by atoms with van der Waals surface area (Å²) in [5.41, 5.74) is 0. The van der Waals surface area contributed by atoms with E-state index in [1.165, 1.54) is 53.9 Å². The lowest BCUT2D eigenvalue weighted by Crippen LogP contribution is -1.87. The zero-order chi connectivity index (χ0) is 15.7. The van der Waals surface area contributed by atoms with E-state index in [1.807, 2.05) is 0 Å². The zero-order valence-electron chi connectivity index (χ0n) is 13.1. The van der Waals surface area contributed by atoms with Crippen LogP contribution in [0, 0.1) is 0 Å². The highest BCUT2D eigenvalue weighted by Crippen LogP contribution is 2.41. The summed E-state index contributed by atoms with van der Waals surface area (Å²) in [4.78, 5) is 0. The van der Waals surface area contributed by atoms with Crippen molar-refractivity contribution >= 4 is 53.9 Å². The van der Waals surface area contributed by atoms with Gasteiger partial charge in [-0.3, -0.25) is 0 Å². The van der Waals surface area contributed by atoms with Crippen molar-refractivity contribution in [1.29, 1.82) is 0 Å². The number of benzene rings is 6. The van der Waals surface area contributed by atoms with E-state index in [0.29, 0.717) is 0 Å². The van der Waals surface area contributed by atoms with Crippen LogP contribution >= 0.6 is 0 Å². The molecule has 0 heteroatoms. The Morgan fingerprint density at radius 3 is 1.29 bits per heavy atom. The molecule has 0 aliphatic carbocycles. The Morgan fingerprint density at radius 1 is 0.333 bits per heavy atom. The summed E-state index contributed by atoms with van der Waals surface area (Å²) in [6.45, 7) is 0. The van der Waals surface area contributed by atoms with Gasteiger partial charge in [-0.15, -0.1) is 0 Å². The number of rotatable bonds is 0. The standard InChI is InChI=1S/C24H14/c1-2-6-18-14-22-20-10-4-8-16-12-11-15-7-3-9-19(23(15)24(16)20)21(22)13-17(18)5-1/h1-14H. The Labute approximate surface area is 139 Å². The first-order valence-electron chi connectivity index (χ1n) is 8.38. The number of fused-ring (bicyclic) bond motifs is 4. The van der Waals surface area contributed by atoms with Crippen LogP contribution in [0.3, 0.4) is 0 Å². The molecule has 0 spiro atoms. The minimum absolute atomic E-state index is 1.31. The monoisotopic (exact) mass is 302 g/mol. The molecule has 0 aliphatic rings. The molecule has 0 radical (unpaired) electrons. The highest BCUT2D eigenvalue weighted by molar-refractivity contribution is 6.34. The SMILES string of the molecule is c1ccc2cc3c(cc2c1)c1cccc2ccc4cccc3c4c21. The van der Waals surface area contributed by atoms with Gasteiger partial charge < -0.3 is 0 Å². The van der Waals surface area contributed by atoms with Crippen molar-refractivity contribution in [3.63, 3.8) is 0 Å². The van der Waals surface area contributed by atoms with Crippen LogP contribution in [0.4, 0.5) is 0 Å². The molecule has 24 heavy (non-hydrogen) atoms. The third-order valence-corrected chi connectivity index (χ3v) is 5.35. The third-order valence-electron chi connectivity index (χ3n) is 5.35. The van der Waals surface area contributed by atoms with Gasteiger partial charge in [-0.2, -0.15) is 0 Å². The van der Waals surface area contributed by atoms with Crippen molar-refractivity contribution in [3.05, 3.63) is 84.9 Å². The zero-order valence-corrected chi connectivity index (χ0v) is 13.1. The maximum absolute atomic E-state index is 2.36. The molecule has 0 amide bonds. The first kappa shape index (κ1) is 12.3. The van der Waals surface area contributed by atoms with Crippen LogP contribution in [0.2, 0.25) is 0 Å². The van der Waals surface area contributed by atoms with Gasteiger partial charge in [0.15, 0.2) is 0 Å². The lowest BCUT2D eigenvalue weighted by molar-refractivity contribution is 1.78. The van der Waals surface area contributed by atoms with E-state index in [2.05, 4.69) is 84.9 Å². The van der Waals surface area contributed by atoms with Crippen LogP contribution in [0.1, 0.15) is 0 Å². The smallest absolute Gasteiger partial charge is 0.00203 e. The highest BCUT2D eigenvalue weighted by Gasteiger charge is 2.13. The van der Waals surface area contributed by atoms with E-state index in [-0.39, 0.29) is 0 Å². The molecule has 0 bridgehead atoms. The molecule has 0 N–H and O–H groups in total. The summed E-state index contributed by atoms with van der Waals surface area (Å²) < 4.78 is 0. The van der Waals surface area contributed by atoms with Gasteiger partial charge >= 0.3 is 0 Å². The van der Waals surface area contributed by atoms with E-state index >= 15 is 0 Å². The molecule has 6 aromatic carbocycles. The molecule has 0 aliphatic heterocycles. The van der Waals surface area contributed by atoms with Gasteiger partial charge in [0.05, 0.1) is 0 Å². The Bertz CT molecular complexity index is 1280. The highest BCUT2D eigenvalue weighted by atomic mass is 14.2. The third kappa shape index (κ3) is 1.43. The van der Waals surface area contributed by atoms with Crippen LogP contribution in [0.5, 0.6) is 0 Å². The molecule has 6 aromatic rings. The average Bonchev–Trinajstić information content (AvgIpc) is 2.65. The lowest BCUT2D eigenvalue weighted by atomic mass is 9.88. The molecular weight excluding hydrogens is 288 g/mol. The molecule has 0 aromatic heterocycles. The van der Waals surface area contributed by atoms with E-state index in [9.17, 15) is 0 Å². The van der Waals surface area contributed by atoms with Gasteiger partial charge in [0, 0.05) is 0 Å². The molecule has 0 fully saturated rings. The number of hydrogen-bond acceptors (Lipinski definition) is 0. The summed E-state index contributed by atoms with van der Waals surface area (Å²) in [5.74, 6) is 0. The fourth-order valence-corrected chi connectivity index (χ4v) is 4.29. The Hall–Kier alpha value is -3.12. The fraction of sp³-hybridized carbons (Fsp3) is 0. The molecular formula is C24H14. The quantitative estimate of drug-likeness (QED) is 0.212. The average molecular weight is 302 g/mol. The van der Waals surface area contributed by atoms with Gasteiger partial charge in [0.1, 0.15) is 0 Å². The molecule has 6 rings (SSSR count). The minimum Gasteiger partial charge on any atom is -0.0616 e. The van der Waals surface area contributed by atoms with Crippen molar-refractivity contribution in [2.45, 2.75) is 0 Å². The van der Waals surface area contributed by atoms with E-state index in [1.54, 1.807) is 0 Å². The van der Waals surface area contributed by atoms with Crippen molar-refractivity contribution in [2.75, 3.05) is 0 Å². The summed E-state index contributed by atoms with van der Waals surface area (Å²) in [7, 11) is 0. The summed E-state index contributed by atoms with van der Waals surface area (Å²) in [5, 5.41) is 13.5. The van der Waals surface area contributed by atoms with Gasteiger partial charge in [0.2, 0.25) is 0 Å². The lowest BCUT2D eigenvalue weighted by Gasteiger charge is -2.15. The van der Waals surface area contributed by atoms with Crippen molar-refractivity contribution < 1.29 is 0 Å². The van der Waals surface area contributed by atoms with Crippen LogP contribution in [0.15, 0.2) is 84.9 Å². The van der Waals surface area contributed by atoms with Crippen molar-refractivity contribution in [1.82, 2.24) is 0 Å². The minimum atomic E-state index is 1.31. The van der Waals surface area contributed by atoms with Gasteiger partial charge in [0.25, 0.3) is 0 Å². The predicted molar refractivity (Wildman–Crippen MR) is 105 cm³/mol. The topological polar surface area (TPSA) is 0 Å². The molecule has 110 valence electrons. The Kier molecular flexibility index (Phi) is 2.18. The second kappa shape index (κ2) is 4.24. The largest absolute Gasteiger partial charge is 0.0616 e. The molecule has 0 saturated carbocycles. The van der Waals surface area contributed by atoms with E-state index < -0.39 is 0 Å². The fourth-order valence-electron chi connectivity index (χ4n) is 4.29. The van der Waals surface area contributed by atoms with Crippen LogP contribution in [-0.2, 0) is 0 Å². The second-order valence-electron chi connectivity index (χ2n) is 6.62. The van der Waals surface area contributed by atoms with Crippen LogP contribution < -0.4 is 0 Å².